The number of nitrogens with two attached hydrogens (primary N) is 2. The van der Waals surface area contributed by atoms with Crippen LogP contribution in [0.25, 0.3) is 0 Å². The van der Waals surface area contributed by atoms with Crippen LogP contribution in [-0.4, -0.2) is 0 Å². The Morgan fingerprint density at radius 2 is 1.62 bits per heavy atom. The van der Waals surface area contributed by atoms with E-state index in [0.717, 1.165) is 12.1 Å². The molecule has 0 saturated heterocycles. The van der Waals surface area contributed by atoms with E-state index in [1.807, 2.05) is 0 Å². The zero-order valence-corrected chi connectivity index (χ0v) is 7.91. The Balaban J connectivity index is 3.32. The van der Waals surface area contributed by atoms with Gasteiger partial charge in [-0.15, -0.1) is 0 Å². The van der Waals surface area contributed by atoms with Crippen molar-refractivity contribution < 1.29 is 13.2 Å². The van der Waals surface area contributed by atoms with Gasteiger partial charge in [-0.2, -0.15) is 13.2 Å². The molecule has 0 bridgehead atoms. The van der Waals surface area contributed by atoms with Gasteiger partial charge in [0.05, 0.1) is 5.56 Å². The molecule has 0 fully saturated rings. The third kappa shape index (κ3) is 2.06. The number of hydrogen-bond acceptors (Lipinski definition) is 2. The van der Waals surface area contributed by atoms with Crippen LogP contribution >= 0.6 is 15.9 Å². The molecule has 0 unspecified atom stereocenters. The number of halogens is 4. The molecule has 0 radical (unpaired) electrons. The van der Waals surface area contributed by atoms with E-state index in [0.29, 0.717) is 0 Å². The van der Waals surface area contributed by atoms with Crippen LogP contribution in [0, 0.1) is 0 Å². The first-order valence-electron chi connectivity index (χ1n) is 3.24. The molecule has 13 heavy (non-hydrogen) atoms. The van der Waals surface area contributed by atoms with E-state index < -0.39 is 11.7 Å². The summed E-state index contributed by atoms with van der Waals surface area (Å²) < 4.78 is 36.8. The Morgan fingerprint density at radius 3 is 2.08 bits per heavy atom. The van der Waals surface area contributed by atoms with Crippen LogP contribution in [0.2, 0.25) is 0 Å². The Kier molecular flexibility index (Phi) is 2.42. The number of rotatable bonds is 0. The minimum atomic E-state index is -4.44. The molecule has 2 nitrogen and oxygen atoms in total. The summed E-state index contributed by atoms with van der Waals surface area (Å²) in [5.74, 6) is 0. The van der Waals surface area contributed by atoms with E-state index in [1.165, 1.54) is 0 Å². The van der Waals surface area contributed by atoms with Crippen LogP contribution in [0.5, 0.6) is 0 Å². The van der Waals surface area contributed by atoms with E-state index >= 15 is 0 Å². The lowest BCUT2D eigenvalue weighted by atomic mass is 10.1. The maximum Gasteiger partial charge on any atom is 0.418 e. The Hall–Kier alpha value is -0.910. The number of anilines is 2. The van der Waals surface area contributed by atoms with Crippen molar-refractivity contribution in [2.24, 2.45) is 0 Å². The van der Waals surface area contributed by atoms with Gasteiger partial charge in [0.15, 0.2) is 0 Å². The minimum absolute atomic E-state index is 0.186. The average molecular weight is 255 g/mol. The zero-order valence-electron chi connectivity index (χ0n) is 6.32. The molecule has 4 N–H and O–H groups in total. The first-order valence-corrected chi connectivity index (χ1v) is 4.03. The molecule has 0 heterocycles. The molecule has 0 aromatic heterocycles. The van der Waals surface area contributed by atoms with Gasteiger partial charge in [-0.1, -0.05) is 0 Å². The lowest BCUT2D eigenvalue weighted by Crippen LogP contribution is -2.09. The SMILES string of the molecule is Nc1cc(N)c(C(F)(F)F)cc1Br. The zero-order chi connectivity index (χ0) is 10.2. The summed E-state index contributed by atoms with van der Waals surface area (Å²) in [4.78, 5) is 0. The van der Waals surface area contributed by atoms with Crippen LogP contribution in [0.3, 0.4) is 0 Å². The fourth-order valence-electron chi connectivity index (χ4n) is 0.853. The lowest BCUT2D eigenvalue weighted by molar-refractivity contribution is -0.136. The summed E-state index contributed by atoms with van der Waals surface area (Å²) in [5.41, 5.74) is 9.43. The summed E-state index contributed by atoms with van der Waals surface area (Å²) in [6.45, 7) is 0. The van der Waals surface area contributed by atoms with Gasteiger partial charge < -0.3 is 11.5 Å². The van der Waals surface area contributed by atoms with Gasteiger partial charge in [0.2, 0.25) is 0 Å². The predicted molar refractivity (Wildman–Crippen MR) is 48.0 cm³/mol. The van der Waals surface area contributed by atoms with E-state index in [9.17, 15) is 13.2 Å². The predicted octanol–water partition coefficient (Wildman–Crippen LogP) is 2.63. The topological polar surface area (TPSA) is 52.0 Å². The maximum absolute atomic E-state index is 12.2. The highest BCUT2D eigenvalue weighted by Crippen LogP contribution is 2.37. The van der Waals surface area contributed by atoms with Crippen molar-refractivity contribution in [2.75, 3.05) is 11.5 Å². The summed E-state index contributed by atoms with van der Waals surface area (Å²) in [5, 5.41) is 0. The summed E-state index contributed by atoms with van der Waals surface area (Å²) in [6, 6.07) is 1.94. The number of benzene rings is 1. The molecule has 0 amide bonds. The quantitative estimate of drug-likeness (QED) is 0.700. The van der Waals surface area contributed by atoms with Crippen molar-refractivity contribution in [2.45, 2.75) is 6.18 Å². The van der Waals surface area contributed by atoms with E-state index in [2.05, 4.69) is 15.9 Å². The Labute approximate surface area is 80.8 Å². The molecule has 6 heteroatoms. The van der Waals surface area contributed by atoms with Gasteiger partial charge in [-0.05, 0) is 28.1 Å². The molecular formula is C7H6BrF3N2. The van der Waals surface area contributed by atoms with Crippen LogP contribution < -0.4 is 11.5 Å². The monoisotopic (exact) mass is 254 g/mol. The smallest absolute Gasteiger partial charge is 0.398 e. The first kappa shape index (κ1) is 10.2. The largest absolute Gasteiger partial charge is 0.418 e. The molecular weight excluding hydrogens is 249 g/mol. The highest BCUT2D eigenvalue weighted by molar-refractivity contribution is 9.10. The third-order valence-electron chi connectivity index (χ3n) is 1.47. The lowest BCUT2D eigenvalue weighted by Gasteiger charge is -2.11. The van der Waals surface area contributed by atoms with Crippen LogP contribution in [0.1, 0.15) is 5.56 Å². The third-order valence-corrected chi connectivity index (χ3v) is 2.16. The second-order valence-corrected chi connectivity index (χ2v) is 3.31. The number of nitrogen functional groups attached to an aromatic ring is 2. The molecule has 0 aliphatic rings. The van der Waals surface area contributed by atoms with Crippen LogP contribution in [-0.2, 0) is 6.18 Å². The van der Waals surface area contributed by atoms with Crippen LogP contribution in [0.4, 0.5) is 24.5 Å². The summed E-state index contributed by atoms with van der Waals surface area (Å²) >= 11 is 2.89. The van der Waals surface area contributed by atoms with Gasteiger partial charge in [0.25, 0.3) is 0 Å². The molecule has 1 rings (SSSR count). The van der Waals surface area contributed by atoms with Crippen molar-refractivity contribution in [3.8, 4) is 0 Å². The van der Waals surface area contributed by atoms with Gasteiger partial charge in [-0.25, -0.2) is 0 Å². The average Bonchev–Trinajstić information content (AvgIpc) is 1.94. The molecule has 0 saturated carbocycles. The molecule has 0 aliphatic carbocycles. The van der Waals surface area contributed by atoms with Gasteiger partial charge in [0.1, 0.15) is 0 Å². The van der Waals surface area contributed by atoms with Crippen molar-refractivity contribution in [1.29, 1.82) is 0 Å². The van der Waals surface area contributed by atoms with Gasteiger partial charge in [0, 0.05) is 15.8 Å². The molecule has 0 atom stereocenters. The van der Waals surface area contributed by atoms with Crippen molar-refractivity contribution in [1.82, 2.24) is 0 Å². The standard InChI is InChI=1S/C7H6BrF3N2/c8-4-1-3(7(9,10)11)5(12)2-6(4)13/h1-2H,12-13H2. The highest BCUT2D eigenvalue weighted by Gasteiger charge is 2.33. The molecule has 0 spiro atoms. The van der Waals surface area contributed by atoms with Crippen LogP contribution in [0.15, 0.2) is 16.6 Å². The Morgan fingerprint density at radius 1 is 1.08 bits per heavy atom. The second kappa shape index (κ2) is 3.10. The molecule has 72 valence electrons. The molecule has 0 aliphatic heterocycles. The van der Waals surface area contributed by atoms with Crippen molar-refractivity contribution in [3.05, 3.63) is 22.2 Å². The van der Waals surface area contributed by atoms with E-state index in [4.69, 9.17) is 11.5 Å². The normalized spacial score (nSPS) is 11.7. The second-order valence-electron chi connectivity index (χ2n) is 2.46. The summed E-state index contributed by atoms with van der Waals surface area (Å²) in [6.07, 6.45) is -4.44. The Bertz CT molecular complexity index is 335. The fraction of sp³-hybridized carbons (Fsp3) is 0.143. The molecule has 1 aromatic rings. The minimum Gasteiger partial charge on any atom is -0.398 e. The number of alkyl halides is 3. The molecule has 1 aromatic carbocycles. The van der Waals surface area contributed by atoms with Gasteiger partial charge in [-0.3, -0.25) is 0 Å². The number of hydrogen-bond donors (Lipinski definition) is 2. The summed E-state index contributed by atoms with van der Waals surface area (Å²) in [7, 11) is 0. The first-order chi connectivity index (χ1) is 5.82. The maximum atomic E-state index is 12.2. The van der Waals surface area contributed by atoms with Gasteiger partial charge >= 0.3 is 6.18 Å². The van der Waals surface area contributed by atoms with E-state index in [1.54, 1.807) is 0 Å². The van der Waals surface area contributed by atoms with Crippen molar-refractivity contribution >= 4 is 27.3 Å². The fourth-order valence-corrected chi connectivity index (χ4v) is 1.20. The van der Waals surface area contributed by atoms with E-state index in [-0.39, 0.29) is 15.8 Å². The highest BCUT2D eigenvalue weighted by atomic mass is 79.9. The van der Waals surface area contributed by atoms with Crippen molar-refractivity contribution in [3.63, 3.8) is 0 Å².